The predicted molar refractivity (Wildman–Crippen MR) is 140 cm³/mol. The van der Waals surface area contributed by atoms with Gasteiger partial charge in [0.2, 0.25) is 0 Å². The van der Waals surface area contributed by atoms with Crippen LogP contribution in [0.2, 0.25) is 0 Å². The van der Waals surface area contributed by atoms with E-state index < -0.39 is 10.0 Å². The van der Waals surface area contributed by atoms with E-state index in [0.29, 0.717) is 23.0 Å². The highest BCUT2D eigenvalue weighted by molar-refractivity contribution is 9.10. The van der Waals surface area contributed by atoms with Gasteiger partial charge in [0.05, 0.1) is 15.1 Å². The average molecular weight is 545 g/mol. The van der Waals surface area contributed by atoms with Gasteiger partial charge in [0.25, 0.3) is 15.9 Å². The molecule has 0 spiro atoms. The van der Waals surface area contributed by atoms with E-state index in [1.54, 1.807) is 12.1 Å². The molecule has 0 aliphatic heterocycles. The summed E-state index contributed by atoms with van der Waals surface area (Å²) in [5, 5.41) is 2.72. The van der Waals surface area contributed by atoms with Crippen molar-refractivity contribution in [3.8, 4) is 5.75 Å². The number of sulfonamides is 1. The Balaban J connectivity index is 1.60. The number of amides is 1. The average Bonchev–Trinajstić information content (AvgIpc) is 2.80. The Hall–Kier alpha value is -2.84. The van der Waals surface area contributed by atoms with Crippen molar-refractivity contribution in [3.05, 3.63) is 81.8 Å². The largest absolute Gasteiger partial charge is 0.483 e. The zero-order chi connectivity index (χ0) is 24.9. The molecule has 0 saturated carbocycles. The topological polar surface area (TPSA) is 84.5 Å². The van der Waals surface area contributed by atoms with Crippen molar-refractivity contribution in [2.45, 2.75) is 44.9 Å². The molecule has 0 radical (unpaired) electrons. The maximum Gasteiger partial charge on any atom is 0.262 e. The Morgan fingerprint density at radius 2 is 1.68 bits per heavy atom. The maximum absolute atomic E-state index is 12.8. The summed E-state index contributed by atoms with van der Waals surface area (Å²) in [6.45, 7) is 7.83. The van der Waals surface area contributed by atoms with E-state index in [1.165, 1.54) is 17.7 Å². The van der Waals surface area contributed by atoms with Crippen molar-refractivity contribution in [2.24, 2.45) is 0 Å². The van der Waals surface area contributed by atoms with E-state index in [0.717, 1.165) is 22.0 Å². The van der Waals surface area contributed by atoms with Gasteiger partial charge in [0.15, 0.2) is 6.61 Å². The number of benzene rings is 3. The van der Waals surface area contributed by atoms with Gasteiger partial charge >= 0.3 is 0 Å². The van der Waals surface area contributed by atoms with Gasteiger partial charge < -0.3 is 10.1 Å². The summed E-state index contributed by atoms with van der Waals surface area (Å²) in [5.74, 6) is 0.680. The van der Waals surface area contributed by atoms with Crippen LogP contribution in [0.15, 0.2) is 70.0 Å². The molecule has 3 aromatic rings. The quantitative estimate of drug-likeness (QED) is 0.326. The molecule has 1 atom stereocenters. The molecule has 0 aliphatic carbocycles. The highest BCUT2D eigenvalue weighted by atomic mass is 79.9. The highest BCUT2D eigenvalue weighted by Gasteiger charge is 2.17. The van der Waals surface area contributed by atoms with Crippen molar-refractivity contribution in [1.82, 2.24) is 0 Å². The minimum absolute atomic E-state index is 0.106. The number of anilines is 2. The van der Waals surface area contributed by atoms with Crippen LogP contribution < -0.4 is 14.8 Å². The van der Waals surface area contributed by atoms with Crippen LogP contribution >= 0.6 is 15.9 Å². The first-order valence-electron chi connectivity index (χ1n) is 11.0. The second-order valence-electron chi connectivity index (χ2n) is 8.23. The Labute approximate surface area is 209 Å². The van der Waals surface area contributed by atoms with Gasteiger partial charge in [-0.1, -0.05) is 38.1 Å². The van der Waals surface area contributed by atoms with E-state index in [9.17, 15) is 13.2 Å². The maximum atomic E-state index is 12.8. The van der Waals surface area contributed by atoms with E-state index in [-0.39, 0.29) is 17.4 Å². The van der Waals surface area contributed by atoms with Gasteiger partial charge in [-0.25, -0.2) is 8.42 Å². The Morgan fingerprint density at radius 1 is 1.03 bits per heavy atom. The summed E-state index contributed by atoms with van der Waals surface area (Å²) in [5.41, 5.74) is 3.93. The van der Waals surface area contributed by atoms with E-state index in [1.807, 2.05) is 50.2 Å². The van der Waals surface area contributed by atoms with Gasteiger partial charge in [-0.05, 0) is 95.2 Å². The normalized spacial score (nSPS) is 12.1. The van der Waals surface area contributed by atoms with Crippen molar-refractivity contribution < 1.29 is 17.9 Å². The lowest BCUT2D eigenvalue weighted by atomic mass is 9.99. The Kier molecular flexibility index (Phi) is 8.38. The third-order valence-electron chi connectivity index (χ3n) is 5.66. The number of hydrogen-bond acceptors (Lipinski definition) is 4. The van der Waals surface area contributed by atoms with Crippen molar-refractivity contribution in [2.75, 3.05) is 16.6 Å². The molecular weight excluding hydrogens is 516 g/mol. The summed E-state index contributed by atoms with van der Waals surface area (Å²) in [6.07, 6.45) is 1.04. The minimum atomic E-state index is -3.76. The number of carbonyl (C=O) groups is 1. The molecule has 180 valence electrons. The Morgan fingerprint density at radius 3 is 2.26 bits per heavy atom. The van der Waals surface area contributed by atoms with Crippen LogP contribution in [0.1, 0.15) is 42.9 Å². The van der Waals surface area contributed by atoms with Crippen LogP contribution in [0.5, 0.6) is 5.75 Å². The molecule has 34 heavy (non-hydrogen) atoms. The lowest BCUT2D eigenvalue weighted by Crippen LogP contribution is -2.20. The summed E-state index contributed by atoms with van der Waals surface area (Å²) in [6, 6.07) is 17.4. The summed E-state index contributed by atoms with van der Waals surface area (Å²) in [4.78, 5) is 12.4. The van der Waals surface area contributed by atoms with Crippen LogP contribution in [-0.4, -0.2) is 20.9 Å². The minimum Gasteiger partial charge on any atom is -0.483 e. The summed E-state index contributed by atoms with van der Waals surface area (Å²) >= 11 is 3.50. The van der Waals surface area contributed by atoms with Crippen molar-refractivity contribution >= 4 is 43.2 Å². The van der Waals surface area contributed by atoms with Gasteiger partial charge in [0, 0.05) is 5.69 Å². The van der Waals surface area contributed by atoms with Crippen LogP contribution in [0.3, 0.4) is 0 Å². The molecule has 8 heteroatoms. The monoisotopic (exact) mass is 544 g/mol. The Bertz CT molecular complexity index is 1250. The molecule has 0 fully saturated rings. The smallest absolute Gasteiger partial charge is 0.262 e. The number of hydrogen-bond donors (Lipinski definition) is 2. The third kappa shape index (κ3) is 6.39. The van der Waals surface area contributed by atoms with Crippen LogP contribution in [0.25, 0.3) is 0 Å². The molecule has 2 N–H and O–H groups in total. The van der Waals surface area contributed by atoms with Crippen LogP contribution in [-0.2, 0) is 14.8 Å². The predicted octanol–water partition coefficient (Wildman–Crippen LogP) is 6.40. The van der Waals surface area contributed by atoms with Gasteiger partial charge in [0.1, 0.15) is 5.75 Å². The standard InChI is InChI=1S/C26H29BrN2O4S/c1-5-17(2)20-9-14-24(23(27)15-20)33-16-25(30)28-21-10-12-22(13-11-21)34(31,32)29-26-18(3)7-6-8-19(26)4/h6-15,17,29H,5,16H2,1-4H3,(H,28,30). The number of rotatable bonds is 9. The number of para-hydroxylation sites is 1. The molecule has 0 heterocycles. The first kappa shape index (κ1) is 25.8. The molecule has 3 rings (SSSR count). The molecule has 3 aromatic carbocycles. The lowest BCUT2D eigenvalue weighted by Gasteiger charge is -2.14. The fourth-order valence-corrected chi connectivity index (χ4v) is 5.12. The van der Waals surface area contributed by atoms with Crippen molar-refractivity contribution in [3.63, 3.8) is 0 Å². The SMILES string of the molecule is CCC(C)c1ccc(OCC(=O)Nc2ccc(S(=O)(=O)Nc3c(C)cccc3C)cc2)c(Br)c1. The number of aryl methyl sites for hydroxylation is 2. The first-order chi connectivity index (χ1) is 16.1. The van der Waals surface area contributed by atoms with Crippen LogP contribution in [0.4, 0.5) is 11.4 Å². The number of nitrogens with one attached hydrogen (secondary N) is 2. The molecular formula is C26H29BrN2O4S. The van der Waals surface area contributed by atoms with Gasteiger partial charge in [-0.3, -0.25) is 9.52 Å². The lowest BCUT2D eigenvalue weighted by molar-refractivity contribution is -0.118. The molecule has 1 unspecified atom stereocenters. The second kappa shape index (κ2) is 11.1. The fraction of sp³-hybridized carbons (Fsp3) is 0.269. The molecule has 0 saturated heterocycles. The van der Waals surface area contributed by atoms with E-state index in [2.05, 4.69) is 39.8 Å². The summed E-state index contributed by atoms with van der Waals surface area (Å²) < 4.78 is 34.7. The van der Waals surface area contributed by atoms with Gasteiger partial charge in [-0.2, -0.15) is 0 Å². The van der Waals surface area contributed by atoms with E-state index >= 15 is 0 Å². The third-order valence-corrected chi connectivity index (χ3v) is 7.65. The summed E-state index contributed by atoms with van der Waals surface area (Å²) in [7, 11) is -3.76. The highest BCUT2D eigenvalue weighted by Crippen LogP contribution is 2.30. The van der Waals surface area contributed by atoms with E-state index in [4.69, 9.17) is 4.74 Å². The zero-order valence-electron chi connectivity index (χ0n) is 19.7. The number of ether oxygens (including phenoxy) is 1. The zero-order valence-corrected chi connectivity index (χ0v) is 22.1. The molecule has 0 aliphatic rings. The fourth-order valence-electron chi connectivity index (χ4n) is 3.40. The second-order valence-corrected chi connectivity index (χ2v) is 10.8. The number of halogens is 1. The molecule has 1 amide bonds. The van der Waals surface area contributed by atoms with Gasteiger partial charge in [-0.15, -0.1) is 0 Å². The molecule has 0 bridgehead atoms. The first-order valence-corrected chi connectivity index (χ1v) is 13.3. The number of carbonyl (C=O) groups excluding carboxylic acids is 1. The molecule has 6 nitrogen and oxygen atoms in total. The molecule has 0 aromatic heterocycles. The van der Waals surface area contributed by atoms with Crippen molar-refractivity contribution in [1.29, 1.82) is 0 Å². The van der Waals surface area contributed by atoms with Crippen LogP contribution in [0, 0.1) is 13.8 Å².